The zero-order chi connectivity index (χ0) is 19.3. The van der Waals surface area contributed by atoms with E-state index in [-0.39, 0.29) is 17.8 Å². The van der Waals surface area contributed by atoms with Crippen LogP contribution in [-0.2, 0) is 23.2 Å². The van der Waals surface area contributed by atoms with Gasteiger partial charge in [0.05, 0.1) is 5.41 Å². The van der Waals surface area contributed by atoms with E-state index in [1.54, 1.807) is 12.1 Å². The lowest BCUT2D eigenvalue weighted by atomic mass is 9.63. The molecule has 2 aliphatic rings. The molecule has 1 atom stereocenters. The summed E-state index contributed by atoms with van der Waals surface area (Å²) in [5, 5.41) is 1.15. The third kappa shape index (κ3) is 2.58. The number of carbonyl (C=O) groups is 1. The highest BCUT2D eigenvalue weighted by Crippen LogP contribution is 2.45. The molecule has 5 rings (SSSR count). The monoisotopic (exact) mass is 375 g/mol. The topological polar surface area (TPSA) is 25.2 Å². The summed E-state index contributed by atoms with van der Waals surface area (Å²) >= 11 is 0. The summed E-state index contributed by atoms with van der Waals surface area (Å²) in [5.41, 5.74) is 2.90. The number of para-hydroxylation sites is 1. The van der Waals surface area contributed by atoms with Gasteiger partial charge in [0.25, 0.3) is 0 Å². The fourth-order valence-electron chi connectivity index (χ4n) is 4.94. The standard InChI is InChI=1S/C24H24FN2O/c1-26(23(28)24(13-4-14-24)18-7-9-19(25)10-8-18)21-12-11-20-15-17-5-2-3-6-22(17)27(20)16-21/h2-3,5-10,21H,4,11-14,16H2,1H3/t21-/m1/s1. The van der Waals surface area contributed by atoms with Gasteiger partial charge in [-0.25, -0.2) is 4.39 Å². The van der Waals surface area contributed by atoms with Gasteiger partial charge in [0, 0.05) is 42.3 Å². The zero-order valence-electron chi connectivity index (χ0n) is 16.1. The lowest BCUT2D eigenvalue weighted by molar-refractivity contribution is -0.142. The molecule has 28 heavy (non-hydrogen) atoms. The van der Waals surface area contributed by atoms with Crippen molar-refractivity contribution in [2.24, 2.45) is 0 Å². The van der Waals surface area contributed by atoms with Crippen molar-refractivity contribution < 1.29 is 9.18 Å². The van der Waals surface area contributed by atoms with Crippen molar-refractivity contribution in [3.63, 3.8) is 0 Å². The van der Waals surface area contributed by atoms with Crippen molar-refractivity contribution in [1.29, 1.82) is 0 Å². The Kier molecular flexibility index (Phi) is 4.04. The molecule has 0 N–H and O–H groups in total. The predicted octanol–water partition coefficient (Wildman–Crippen LogP) is 4.48. The first-order valence-corrected chi connectivity index (χ1v) is 10.1. The van der Waals surface area contributed by atoms with Crippen LogP contribution < -0.4 is 0 Å². The molecule has 1 fully saturated rings. The third-order valence-corrected chi connectivity index (χ3v) is 6.79. The molecule has 1 aliphatic heterocycles. The molecule has 0 bridgehead atoms. The molecule has 0 spiro atoms. The number of nitrogens with zero attached hydrogens (tertiary/aromatic N) is 2. The number of aryl methyl sites for hydroxylation is 1. The number of rotatable bonds is 3. The van der Waals surface area contributed by atoms with Gasteiger partial charge >= 0.3 is 0 Å². The second-order valence-corrected chi connectivity index (χ2v) is 8.25. The van der Waals surface area contributed by atoms with E-state index in [2.05, 4.69) is 28.8 Å². The van der Waals surface area contributed by atoms with Crippen LogP contribution in [-0.4, -0.2) is 28.5 Å². The molecule has 1 aliphatic carbocycles. The number of likely N-dealkylation sites (N-methyl/N-ethyl adjacent to an activating group) is 1. The van der Waals surface area contributed by atoms with Crippen LogP contribution in [0.15, 0.2) is 48.5 Å². The number of aromatic nitrogens is 1. The molecule has 2 heterocycles. The van der Waals surface area contributed by atoms with Gasteiger partial charge in [-0.05, 0) is 49.4 Å². The molecule has 1 amide bonds. The largest absolute Gasteiger partial charge is 0.342 e. The van der Waals surface area contributed by atoms with Crippen LogP contribution in [0.2, 0.25) is 0 Å². The Morgan fingerprint density at radius 2 is 1.93 bits per heavy atom. The van der Waals surface area contributed by atoms with E-state index >= 15 is 0 Å². The molecule has 143 valence electrons. The molecule has 1 radical (unpaired) electrons. The normalized spacial score (nSPS) is 20.4. The Bertz CT molecular complexity index is 1030. The Morgan fingerprint density at radius 3 is 2.64 bits per heavy atom. The maximum absolute atomic E-state index is 13.6. The van der Waals surface area contributed by atoms with Crippen LogP contribution in [0.5, 0.6) is 0 Å². The highest BCUT2D eigenvalue weighted by molar-refractivity contribution is 5.89. The van der Waals surface area contributed by atoms with Crippen LogP contribution in [0.4, 0.5) is 4.39 Å². The zero-order valence-corrected chi connectivity index (χ0v) is 16.1. The second-order valence-electron chi connectivity index (χ2n) is 8.25. The number of halogens is 1. The molecule has 2 aromatic carbocycles. The minimum absolute atomic E-state index is 0.169. The van der Waals surface area contributed by atoms with Crippen molar-refractivity contribution in [1.82, 2.24) is 9.47 Å². The maximum atomic E-state index is 13.6. The van der Waals surface area contributed by atoms with E-state index in [1.165, 1.54) is 23.3 Å². The highest BCUT2D eigenvalue weighted by Gasteiger charge is 2.48. The molecule has 0 saturated heterocycles. The molecule has 3 aromatic rings. The van der Waals surface area contributed by atoms with Crippen molar-refractivity contribution in [2.75, 3.05) is 7.05 Å². The second kappa shape index (κ2) is 6.47. The van der Waals surface area contributed by atoms with Gasteiger partial charge < -0.3 is 9.47 Å². The van der Waals surface area contributed by atoms with Crippen LogP contribution >= 0.6 is 0 Å². The Hall–Kier alpha value is -2.62. The molecule has 4 heteroatoms. The average Bonchev–Trinajstić information content (AvgIpc) is 3.06. The summed E-state index contributed by atoms with van der Waals surface area (Å²) in [6.07, 6.45) is 4.62. The quantitative estimate of drug-likeness (QED) is 0.663. The number of fused-ring (bicyclic) bond motifs is 3. The maximum Gasteiger partial charge on any atom is 0.233 e. The van der Waals surface area contributed by atoms with Crippen molar-refractivity contribution >= 4 is 16.8 Å². The minimum atomic E-state index is -0.479. The van der Waals surface area contributed by atoms with Gasteiger partial charge in [-0.15, -0.1) is 0 Å². The Morgan fingerprint density at radius 1 is 1.18 bits per heavy atom. The molecule has 1 aromatic heterocycles. The summed E-state index contributed by atoms with van der Waals surface area (Å²) in [6, 6.07) is 18.5. The van der Waals surface area contributed by atoms with Gasteiger partial charge in [-0.2, -0.15) is 0 Å². The first kappa shape index (κ1) is 17.5. The first-order chi connectivity index (χ1) is 13.6. The lowest BCUT2D eigenvalue weighted by Crippen LogP contribution is -2.54. The minimum Gasteiger partial charge on any atom is -0.342 e. The van der Waals surface area contributed by atoms with Gasteiger partial charge in [-0.3, -0.25) is 4.79 Å². The summed E-state index contributed by atoms with van der Waals surface area (Å²) in [7, 11) is 1.94. The van der Waals surface area contributed by atoms with Crippen molar-refractivity contribution in [3.8, 4) is 0 Å². The fourth-order valence-corrected chi connectivity index (χ4v) is 4.94. The molecule has 0 unspecified atom stereocenters. The number of benzene rings is 2. The fraction of sp³-hybridized carbons (Fsp3) is 0.375. The van der Waals surface area contributed by atoms with E-state index in [0.717, 1.165) is 49.6 Å². The average molecular weight is 375 g/mol. The van der Waals surface area contributed by atoms with E-state index in [1.807, 2.05) is 18.0 Å². The molecular weight excluding hydrogens is 351 g/mol. The smallest absolute Gasteiger partial charge is 0.233 e. The number of carbonyl (C=O) groups excluding carboxylic acids is 1. The van der Waals surface area contributed by atoms with Crippen LogP contribution in [0.1, 0.15) is 36.9 Å². The van der Waals surface area contributed by atoms with E-state index in [4.69, 9.17) is 0 Å². The van der Waals surface area contributed by atoms with E-state index in [0.29, 0.717) is 0 Å². The Labute approximate surface area is 164 Å². The number of amides is 1. The van der Waals surface area contributed by atoms with E-state index < -0.39 is 5.41 Å². The van der Waals surface area contributed by atoms with Gasteiger partial charge in [0.15, 0.2) is 0 Å². The molecule has 3 nitrogen and oxygen atoms in total. The summed E-state index contributed by atoms with van der Waals surface area (Å²) in [6.45, 7) is 0.807. The van der Waals surface area contributed by atoms with Crippen molar-refractivity contribution in [2.45, 2.75) is 50.1 Å². The van der Waals surface area contributed by atoms with Gasteiger partial charge in [0.1, 0.15) is 5.82 Å². The first-order valence-electron chi connectivity index (χ1n) is 10.1. The van der Waals surface area contributed by atoms with Crippen LogP contribution in [0.3, 0.4) is 0 Å². The Balaban J connectivity index is 1.42. The van der Waals surface area contributed by atoms with Crippen LogP contribution in [0, 0.1) is 11.9 Å². The number of hydrogen-bond donors (Lipinski definition) is 0. The van der Waals surface area contributed by atoms with Gasteiger partial charge in [-0.1, -0.05) is 36.8 Å². The third-order valence-electron chi connectivity index (χ3n) is 6.79. The summed E-state index contributed by atoms with van der Waals surface area (Å²) < 4.78 is 15.7. The molecular formula is C24H24FN2O. The van der Waals surface area contributed by atoms with E-state index in [9.17, 15) is 9.18 Å². The highest BCUT2D eigenvalue weighted by atomic mass is 19.1. The van der Waals surface area contributed by atoms with Crippen LogP contribution in [0.25, 0.3) is 10.9 Å². The summed E-state index contributed by atoms with van der Waals surface area (Å²) in [4.78, 5) is 15.5. The number of hydrogen-bond acceptors (Lipinski definition) is 1. The SMILES string of the molecule is CN(C(=O)C1(c2ccc(F)cc2)CCC1)[C@@H]1CCc2[c]c3ccccc3n2C1. The summed E-state index contributed by atoms with van der Waals surface area (Å²) in [5.74, 6) is -0.0752. The van der Waals surface area contributed by atoms with Crippen molar-refractivity contribution in [3.05, 3.63) is 71.7 Å². The lowest BCUT2D eigenvalue weighted by Gasteiger charge is -2.45. The predicted molar refractivity (Wildman–Crippen MR) is 108 cm³/mol. The molecule has 1 saturated carbocycles. The van der Waals surface area contributed by atoms with Gasteiger partial charge in [0.2, 0.25) is 5.91 Å².